The van der Waals surface area contributed by atoms with Gasteiger partial charge in [-0.1, -0.05) is 24.3 Å². The molecule has 1 saturated carbocycles. The average Bonchev–Trinajstić information content (AvgIpc) is 3.17. The third-order valence-electron chi connectivity index (χ3n) is 3.76. The van der Waals surface area contributed by atoms with Crippen molar-refractivity contribution in [2.75, 3.05) is 13.1 Å². The molecule has 2 rings (SSSR count). The van der Waals surface area contributed by atoms with Gasteiger partial charge >= 0.3 is 6.18 Å². The minimum Gasteiger partial charge on any atom is -0.324 e. The second-order valence-corrected chi connectivity index (χ2v) is 5.57. The Morgan fingerprint density at radius 3 is 2.50 bits per heavy atom. The summed E-state index contributed by atoms with van der Waals surface area (Å²) in [7, 11) is 0. The second-order valence-electron chi connectivity index (χ2n) is 5.57. The molecule has 1 atom stereocenters. The van der Waals surface area contributed by atoms with Crippen molar-refractivity contribution in [3.05, 3.63) is 35.4 Å². The summed E-state index contributed by atoms with van der Waals surface area (Å²) in [6.07, 6.45) is -1.84. The first-order valence-electron chi connectivity index (χ1n) is 6.99. The molecule has 5 heteroatoms. The maximum Gasteiger partial charge on any atom is 0.401 e. The smallest absolute Gasteiger partial charge is 0.324 e. The predicted molar refractivity (Wildman–Crippen MR) is 73.4 cm³/mol. The number of hydrogen-bond donors (Lipinski definition) is 1. The maximum absolute atomic E-state index is 12.5. The zero-order valence-electron chi connectivity index (χ0n) is 11.7. The van der Waals surface area contributed by atoms with Gasteiger partial charge in [0.1, 0.15) is 0 Å². The predicted octanol–water partition coefficient (Wildman–Crippen LogP) is 3.41. The van der Waals surface area contributed by atoms with Crippen molar-refractivity contribution in [2.45, 2.75) is 44.4 Å². The van der Waals surface area contributed by atoms with Gasteiger partial charge in [-0.2, -0.15) is 13.2 Å². The van der Waals surface area contributed by atoms with E-state index in [0.29, 0.717) is 13.0 Å². The van der Waals surface area contributed by atoms with E-state index in [1.165, 1.54) is 4.90 Å². The monoisotopic (exact) mass is 286 g/mol. The van der Waals surface area contributed by atoms with Gasteiger partial charge in [0.25, 0.3) is 0 Å². The minimum absolute atomic E-state index is 0.0979. The Morgan fingerprint density at radius 1 is 1.30 bits per heavy atom. The first-order chi connectivity index (χ1) is 9.37. The normalized spacial score (nSPS) is 17.5. The third kappa shape index (κ3) is 4.49. The number of halogens is 3. The molecule has 0 radical (unpaired) electrons. The Bertz CT molecular complexity index is 441. The lowest BCUT2D eigenvalue weighted by atomic mass is 9.99. The molecule has 2 nitrogen and oxygen atoms in total. The van der Waals surface area contributed by atoms with Crippen LogP contribution in [-0.4, -0.2) is 30.2 Å². The fraction of sp³-hybridized carbons (Fsp3) is 0.600. The molecule has 20 heavy (non-hydrogen) atoms. The summed E-state index contributed by atoms with van der Waals surface area (Å²) in [4.78, 5) is 1.53. The van der Waals surface area contributed by atoms with Gasteiger partial charge in [0, 0.05) is 18.6 Å². The molecule has 1 aliphatic carbocycles. The Hall–Kier alpha value is -1.07. The maximum atomic E-state index is 12.5. The number of rotatable bonds is 6. The lowest BCUT2D eigenvalue weighted by Crippen LogP contribution is -2.37. The lowest BCUT2D eigenvalue weighted by Gasteiger charge is -2.25. The van der Waals surface area contributed by atoms with E-state index in [4.69, 9.17) is 5.73 Å². The lowest BCUT2D eigenvalue weighted by molar-refractivity contribution is -0.147. The van der Waals surface area contributed by atoms with Crippen LogP contribution in [-0.2, 0) is 0 Å². The van der Waals surface area contributed by atoms with Gasteiger partial charge in [-0.25, -0.2) is 0 Å². The first kappa shape index (κ1) is 15.3. The summed E-state index contributed by atoms with van der Waals surface area (Å²) in [5, 5.41) is 0. The van der Waals surface area contributed by atoms with Crippen molar-refractivity contribution in [1.29, 1.82) is 0 Å². The molecule has 0 spiro atoms. The van der Waals surface area contributed by atoms with Crippen molar-refractivity contribution in [1.82, 2.24) is 4.90 Å². The van der Waals surface area contributed by atoms with E-state index in [1.54, 1.807) is 0 Å². The minimum atomic E-state index is -4.13. The molecule has 1 fully saturated rings. The number of aryl methyl sites for hydroxylation is 1. The molecule has 1 aromatic carbocycles. The van der Waals surface area contributed by atoms with E-state index >= 15 is 0 Å². The molecular weight excluding hydrogens is 265 g/mol. The second kappa shape index (κ2) is 6.14. The van der Waals surface area contributed by atoms with Gasteiger partial charge in [0.15, 0.2) is 0 Å². The zero-order chi connectivity index (χ0) is 14.8. The van der Waals surface area contributed by atoms with Gasteiger partial charge < -0.3 is 5.73 Å². The quantitative estimate of drug-likeness (QED) is 0.868. The highest BCUT2D eigenvalue weighted by molar-refractivity contribution is 5.28. The van der Waals surface area contributed by atoms with Gasteiger partial charge in [-0.15, -0.1) is 0 Å². The summed E-state index contributed by atoms with van der Waals surface area (Å²) in [5.41, 5.74) is 8.24. The van der Waals surface area contributed by atoms with E-state index in [-0.39, 0.29) is 12.1 Å². The van der Waals surface area contributed by atoms with Crippen LogP contribution in [0.1, 0.15) is 36.4 Å². The van der Waals surface area contributed by atoms with Crippen molar-refractivity contribution >= 4 is 0 Å². The topological polar surface area (TPSA) is 29.3 Å². The average molecular weight is 286 g/mol. The van der Waals surface area contributed by atoms with Crippen molar-refractivity contribution in [3.8, 4) is 0 Å². The Morgan fingerprint density at radius 2 is 1.95 bits per heavy atom. The summed E-state index contributed by atoms with van der Waals surface area (Å²) in [6, 6.07) is 7.67. The fourth-order valence-corrected chi connectivity index (χ4v) is 2.52. The van der Waals surface area contributed by atoms with Gasteiger partial charge in [0.05, 0.1) is 6.54 Å². The molecule has 0 amide bonds. The highest BCUT2D eigenvalue weighted by atomic mass is 19.4. The number of nitrogens with zero attached hydrogens (tertiary/aromatic N) is 1. The Kier molecular flexibility index (Phi) is 4.70. The third-order valence-corrected chi connectivity index (χ3v) is 3.76. The molecule has 112 valence electrons. The molecule has 0 aromatic heterocycles. The summed E-state index contributed by atoms with van der Waals surface area (Å²) in [5.74, 6) is 0. The molecule has 1 unspecified atom stereocenters. The largest absolute Gasteiger partial charge is 0.401 e. The van der Waals surface area contributed by atoms with Crippen LogP contribution in [0.4, 0.5) is 13.2 Å². The van der Waals surface area contributed by atoms with E-state index < -0.39 is 12.7 Å². The van der Waals surface area contributed by atoms with Crippen molar-refractivity contribution in [3.63, 3.8) is 0 Å². The van der Waals surface area contributed by atoms with Crippen LogP contribution < -0.4 is 5.73 Å². The van der Waals surface area contributed by atoms with Crippen LogP contribution >= 0.6 is 0 Å². The fourth-order valence-electron chi connectivity index (χ4n) is 2.52. The molecule has 0 saturated heterocycles. The molecular formula is C15H21F3N2. The SMILES string of the molecule is Cc1ccccc1C(N)CCN(CC(F)(F)F)C1CC1. The Balaban J connectivity index is 1.91. The Labute approximate surface area is 117 Å². The van der Waals surface area contributed by atoms with Crippen LogP contribution in [0.5, 0.6) is 0 Å². The van der Waals surface area contributed by atoms with Crippen LogP contribution in [0.2, 0.25) is 0 Å². The van der Waals surface area contributed by atoms with Crippen LogP contribution in [0.3, 0.4) is 0 Å². The van der Waals surface area contributed by atoms with Crippen LogP contribution in [0.15, 0.2) is 24.3 Å². The van der Waals surface area contributed by atoms with Gasteiger partial charge in [-0.3, -0.25) is 4.90 Å². The summed E-state index contributed by atoms with van der Waals surface area (Å²) < 4.78 is 37.6. The molecule has 1 aromatic rings. The summed E-state index contributed by atoms with van der Waals surface area (Å²) >= 11 is 0. The van der Waals surface area contributed by atoms with Crippen LogP contribution in [0.25, 0.3) is 0 Å². The zero-order valence-corrected chi connectivity index (χ0v) is 11.7. The molecule has 0 aliphatic heterocycles. The van der Waals surface area contributed by atoms with E-state index in [2.05, 4.69) is 0 Å². The molecule has 0 heterocycles. The van der Waals surface area contributed by atoms with Crippen molar-refractivity contribution in [2.24, 2.45) is 5.73 Å². The van der Waals surface area contributed by atoms with Crippen LogP contribution in [0, 0.1) is 6.92 Å². The van der Waals surface area contributed by atoms with Gasteiger partial charge in [0.2, 0.25) is 0 Å². The number of hydrogen-bond acceptors (Lipinski definition) is 2. The van der Waals surface area contributed by atoms with E-state index in [1.807, 2.05) is 31.2 Å². The number of nitrogens with two attached hydrogens (primary N) is 1. The number of alkyl halides is 3. The molecule has 1 aliphatic rings. The standard InChI is InChI=1S/C15H21F3N2/c1-11-4-2-3-5-13(11)14(19)8-9-20(12-6-7-12)10-15(16,17)18/h2-5,12,14H,6-10,19H2,1H3. The highest BCUT2D eigenvalue weighted by Crippen LogP contribution is 2.31. The molecule has 2 N–H and O–H groups in total. The molecule has 0 bridgehead atoms. The first-order valence-corrected chi connectivity index (χ1v) is 6.99. The number of benzene rings is 1. The van der Waals surface area contributed by atoms with E-state index in [9.17, 15) is 13.2 Å². The highest BCUT2D eigenvalue weighted by Gasteiger charge is 2.37. The van der Waals surface area contributed by atoms with Crippen molar-refractivity contribution < 1.29 is 13.2 Å². The summed E-state index contributed by atoms with van der Waals surface area (Å²) in [6.45, 7) is 1.56. The van der Waals surface area contributed by atoms with E-state index in [0.717, 1.165) is 24.0 Å². The van der Waals surface area contributed by atoms with Gasteiger partial charge in [-0.05, 0) is 37.3 Å².